The minimum absolute atomic E-state index is 0.179. The van der Waals surface area contributed by atoms with Crippen molar-refractivity contribution >= 4 is 5.76 Å². The van der Waals surface area contributed by atoms with Crippen LogP contribution >= 0.6 is 0 Å². The van der Waals surface area contributed by atoms with Gasteiger partial charge in [0, 0.05) is 22.6 Å². The van der Waals surface area contributed by atoms with E-state index in [2.05, 4.69) is 74.8 Å². The third-order valence-corrected chi connectivity index (χ3v) is 5.11. The first-order valence-electron chi connectivity index (χ1n) is 9.65. The van der Waals surface area contributed by atoms with Crippen LogP contribution in [0.3, 0.4) is 0 Å². The maximum atomic E-state index is 6.48. The van der Waals surface area contributed by atoms with Gasteiger partial charge in [-0.25, -0.2) is 0 Å². The number of quaternary nitrogens is 1. The fourth-order valence-corrected chi connectivity index (χ4v) is 3.88. The van der Waals surface area contributed by atoms with Gasteiger partial charge in [0.25, 0.3) is 0 Å². The van der Waals surface area contributed by atoms with Crippen molar-refractivity contribution in [2.75, 3.05) is 27.7 Å². The summed E-state index contributed by atoms with van der Waals surface area (Å²) in [6, 6.07) is 27.2. The van der Waals surface area contributed by atoms with Gasteiger partial charge in [0.15, 0.2) is 0 Å². The number of nitrogens with one attached hydrogen (secondary N) is 1. The molecule has 0 unspecified atom stereocenters. The molecule has 1 N–H and O–H groups in total. The van der Waals surface area contributed by atoms with Crippen LogP contribution in [0.2, 0.25) is 0 Å². The number of hydrogen-bond acceptors (Lipinski definition) is 2. The maximum Gasteiger partial charge on any atom is 0.140 e. The molecule has 1 heterocycles. The van der Waals surface area contributed by atoms with E-state index in [4.69, 9.17) is 9.47 Å². The Kier molecular flexibility index (Phi) is 5.18. The van der Waals surface area contributed by atoms with Crippen LogP contribution in [-0.2, 0) is 0 Å². The lowest BCUT2D eigenvalue weighted by Crippen LogP contribution is -3.06. The van der Waals surface area contributed by atoms with Gasteiger partial charge in [0.2, 0.25) is 0 Å². The average Bonchev–Trinajstić information content (AvgIpc) is 2.73. The second kappa shape index (κ2) is 7.91. The van der Waals surface area contributed by atoms with E-state index in [-0.39, 0.29) is 5.92 Å². The van der Waals surface area contributed by atoms with Gasteiger partial charge in [0.05, 0.1) is 21.2 Å². The zero-order chi connectivity index (χ0) is 19.5. The van der Waals surface area contributed by atoms with Gasteiger partial charge < -0.3 is 14.4 Å². The lowest BCUT2D eigenvalue weighted by atomic mass is 9.81. The SMILES string of the molecule is COc1ccc(C2=C(C[NH+](C)C)[C@H](c3ccccc3)c3ccccc3O2)cc1. The van der Waals surface area contributed by atoms with Crippen LogP contribution in [0.25, 0.3) is 5.76 Å². The standard InChI is InChI=1S/C25H25NO2/c1-26(2)17-22-24(18-9-5-4-6-10-18)21-11-7-8-12-23(21)28-25(22)19-13-15-20(27-3)16-14-19/h4-16,24H,17H2,1-3H3/p+1/t24-/m1/s1. The predicted octanol–water partition coefficient (Wildman–Crippen LogP) is 3.78. The van der Waals surface area contributed by atoms with Gasteiger partial charge in [-0.2, -0.15) is 0 Å². The molecule has 0 saturated carbocycles. The van der Waals surface area contributed by atoms with Crippen molar-refractivity contribution in [1.29, 1.82) is 0 Å². The van der Waals surface area contributed by atoms with Gasteiger partial charge >= 0.3 is 0 Å². The summed E-state index contributed by atoms with van der Waals surface area (Å²) >= 11 is 0. The number of hydrogen-bond donors (Lipinski definition) is 1. The minimum atomic E-state index is 0.179. The Morgan fingerprint density at radius 2 is 1.54 bits per heavy atom. The third kappa shape index (κ3) is 3.54. The summed E-state index contributed by atoms with van der Waals surface area (Å²) in [4.78, 5) is 1.37. The summed E-state index contributed by atoms with van der Waals surface area (Å²) in [6.07, 6.45) is 0. The lowest BCUT2D eigenvalue weighted by Gasteiger charge is -2.31. The van der Waals surface area contributed by atoms with E-state index in [1.165, 1.54) is 21.6 Å². The van der Waals surface area contributed by atoms with Crippen LogP contribution in [-0.4, -0.2) is 27.7 Å². The summed E-state index contributed by atoms with van der Waals surface area (Å²) in [5.41, 5.74) is 4.89. The highest BCUT2D eigenvalue weighted by Crippen LogP contribution is 2.45. The van der Waals surface area contributed by atoms with Crippen LogP contribution < -0.4 is 14.4 Å². The summed E-state index contributed by atoms with van der Waals surface area (Å²) in [5, 5.41) is 0. The number of ether oxygens (including phenoxy) is 2. The van der Waals surface area contributed by atoms with E-state index in [1.54, 1.807) is 7.11 Å². The number of likely N-dealkylation sites (N-methyl/N-ethyl adjacent to an activating group) is 1. The zero-order valence-electron chi connectivity index (χ0n) is 16.6. The Bertz CT molecular complexity index is 975. The molecule has 3 nitrogen and oxygen atoms in total. The van der Waals surface area contributed by atoms with Crippen LogP contribution in [0.15, 0.2) is 84.4 Å². The molecule has 0 spiro atoms. The Morgan fingerprint density at radius 3 is 2.21 bits per heavy atom. The molecule has 0 aliphatic carbocycles. The van der Waals surface area contributed by atoms with Gasteiger partial charge in [0.1, 0.15) is 23.8 Å². The number of para-hydroxylation sites is 1. The predicted molar refractivity (Wildman–Crippen MR) is 113 cm³/mol. The minimum Gasteiger partial charge on any atom is -0.497 e. The second-order valence-corrected chi connectivity index (χ2v) is 7.45. The van der Waals surface area contributed by atoms with E-state index in [9.17, 15) is 0 Å². The molecule has 0 amide bonds. The second-order valence-electron chi connectivity index (χ2n) is 7.45. The number of rotatable bonds is 5. The molecule has 0 radical (unpaired) electrons. The highest BCUT2D eigenvalue weighted by atomic mass is 16.5. The van der Waals surface area contributed by atoms with Crippen molar-refractivity contribution in [2.24, 2.45) is 0 Å². The molecule has 3 aromatic rings. The highest BCUT2D eigenvalue weighted by Gasteiger charge is 2.32. The van der Waals surface area contributed by atoms with Crippen molar-refractivity contribution in [1.82, 2.24) is 0 Å². The van der Waals surface area contributed by atoms with Crippen LogP contribution in [0.1, 0.15) is 22.6 Å². The Balaban J connectivity index is 1.92. The van der Waals surface area contributed by atoms with E-state index in [0.717, 1.165) is 29.4 Å². The highest BCUT2D eigenvalue weighted by molar-refractivity contribution is 5.72. The normalized spacial score (nSPS) is 15.9. The van der Waals surface area contributed by atoms with Crippen molar-refractivity contribution < 1.29 is 14.4 Å². The Morgan fingerprint density at radius 1 is 0.857 bits per heavy atom. The Labute approximate surface area is 166 Å². The van der Waals surface area contributed by atoms with Gasteiger partial charge in [-0.3, -0.25) is 0 Å². The van der Waals surface area contributed by atoms with E-state index >= 15 is 0 Å². The molecule has 4 rings (SSSR count). The molecule has 1 atom stereocenters. The fourth-order valence-electron chi connectivity index (χ4n) is 3.88. The number of fused-ring (bicyclic) bond motifs is 1. The third-order valence-electron chi connectivity index (χ3n) is 5.11. The van der Waals surface area contributed by atoms with Gasteiger partial charge in [-0.05, 0) is 35.9 Å². The van der Waals surface area contributed by atoms with Gasteiger partial charge in [-0.15, -0.1) is 0 Å². The Hall–Kier alpha value is -3.04. The topological polar surface area (TPSA) is 22.9 Å². The van der Waals surface area contributed by atoms with Gasteiger partial charge in [-0.1, -0.05) is 48.5 Å². The molecule has 0 fully saturated rings. The number of methoxy groups -OCH3 is 1. The molecule has 28 heavy (non-hydrogen) atoms. The van der Waals surface area contributed by atoms with Crippen molar-refractivity contribution in [3.05, 3.63) is 101 Å². The summed E-state index contributed by atoms with van der Waals surface area (Å²) in [5.74, 6) is 2.91. The molecule has 0 bridgehead atoms. The molecule has 142 valence electrons. The zero-order valence-corrected chi connectivity index (χ0v) is 16.6. The van der Waals surface area contributed by atoms with Crippen molar-refractivity contribution in [3.8, 4) is 11.5 Å². The molecule has 0 aromatic heterocycles. The molecule has 1 aliphatic rings. The largest absolute Gasteiger partial charge is 0.497 e. The summed E-state index contributed by atoms with van der Waals surface area (Å²) in [6.45, 7) is 0.898. The first kappa shape index (κ1) is 18.3. The van der Waals surface area contributed by atoms with E-state index in [1.807, 2.05) is 18.2 Å². The first-order valence-corrected chi connectivity index (χ1v) is 9.65. The van der Waals surface area contributed by atoms with Crippen LogP contribution in [0.5, 0.6) is 11.5 Å². The van der Waals surface area contributed by atoms with E-state index < -0.39 is 0 Å². The van der Waals surface area contributed by atoms with Crippen LogP contribution in [0, 0.1) is 0 Å². The monoisotopic (exact) mass is 372 g/mol. The smallest absolute Gasteiger partial charge is 0.140 e. The van der Waals surface area contributed by atoms with Crippen LogP contribution in [0.4, 0.5) is 0 Å². The average molecular weight is 372 g/mol. The molecular formula is C25H26NO2+. The molecule has 3 heteroatoms. The molecule has 0 saturated heterocycles. The maximum absolute atomic E-state index is 6.48. The molecule has 3 aromatic carbocycles. The quantitative estimate of drug-likeness (QED) is 0.737. The molecule has 1 aliphatic heterocycles. The molecular weight excluding hydrogens is 346 g/mol. The van der Waals surface area contributed by atoms with Crippen molar-refractivity contribution in [3.63, 3.8) is 0 Å². The fraction of sp³-hybridized carbons (Fsp3) is 0.200. The first-order chi connectivity index (χ1) is 13.7. The number of benzene rings is 3. The van der Waals surface area contributed by atoms with Crippen molar-refractivity contribution in [2.45, 2.75) is 5.92 Å². The summed E-state index contributed by atoms with van der Waals surface area (Å²) in [7, 11) is 6.05. The van der Waals surface area contributed by atoms with E-state index in [0.29, 0.717) is 0 Å². The summed E-state index contributed by atoms with van der Waals surface area (Å²) < 4.78 is 11.8. The lowest BCUT2D eigenvalue weighted by molar-refractivity contribution is -0.853.